The van der Waals surface area contributed by atoms with Crippen molar-refractivity contribution in [3.63, 3.8) is 0 Å². The van der Waals surface area contributed by atoms with Crippen molar-refractivity contribution in [2.24, 2.45) is 0 Å². The minimum Gasteiger partial charge on any atom is -0.326 e. The standard InChI is InChI=1S/C16H15BrClNO3S/c17-12-3-1-4-14(11-12)19-16(20)5-2-10-23(21,22)15-8-6-13(18)7-9-15/h1,3-4,6-9,11H,2,5,10H2,(H,19,20). The summed E-state index contributed by atoms with van der Waals surface area (Å²) in [7, 11) is -3.40. The largest absolute Gasteiger partial charge is 0.326 e. The van der Waals surface area contributed by atoms with Gasteiger partial charge in [-0.05, 0) is 48.9 Å². The first-order valence-electron chi connectivity index (χ1n) is 6.90. The summed E-state index contributed by atoms with van der Waals surface area (Å²) in [6.45, 7) is 0. The number of rotatable bonds is 6. The minimum atomic E-state index is -3.40. The molecule has 0 atom stereocenters. The quantitative estimate of drug-likeness (QED) is 0.764. The first-order valence-corrected chi connectivity index (χ1v) is 9.73. The van der Waals surface area contributed by atoms with E-state index in [1.165, 1.54) is 24.3 Å². The maximum absolute atomic E-state index is 12.1. The van der Waals surface area contributed by atoms with Crippen molar-refractivity contribution in [3.8, 4) is 0 Å². The molecule has 0 bridgehead atoms. The molecule has 1 amide bonds. The van der Waals surface area contributed by atoms with E-state index in [-0.39, 0.29) is 29.4 Å². The normalized spacial score (nSPS) is 11.2. The summed E-state index contributed by atoms with van der Waals surface area (Å²) in [6, 6.07) is 13.2. The lowest BCUT2D eigenvalue weighted by Crippen LogP contribution is -2.14. The lowest BCUT2D eigenvalue weighted by atomic mass is 10.3. The average molecular weight is 417 g/mol. The van der Waals surface area contributed by atoms with Gasteiger partial charge in [0.1, 0.15) is 0 Å². The van der Waals surface area contributed by atoms with Crippen molar-refractivity contribution in [1.82, 2.24) is 0 Å². The fourth-order valence-corrected chi connectivity index (χ4v) is 3.81. The summed E-state index contributed by atoms with van der Waals surface area (Å²) in [5, 5.41) is 3.22. The highest BCUT2D eigenvalue weighted by molar-refractivity contribution is 9.10. The lowest BCUT2D eigenvalue weighted by Gasteiger charge is -2.07. The van der Waals surface area contributed by atoms with Gasteiger partial charge in [0.15, 0.2) is 9.84 Å². The zero-order valence-electron chi connectivity index (χ0n) is 12.1. The van der Waals surface area contributed by atoms with Gasteiger partial charge in [-0.15, -0.1) is 0 Å². The second-order valence-corrected chi connectivity index (χ2v) is 8.40. The number of hydrogen-bond acceptors (Lipinski definition) is 3. The Morgan fingerprint density at radius 3 is 2.48 bits per heavy atom. The van der Waals surface area contributed by atoms with Crippen molar-refractivity contribution in [3.05, 3.63) is 58.0 Å². The number of nitrogens with one attached hydrogen (secondary N) is 1. The molecule has 7 heteroatoms. The molecule has 0 heterocycles. The first-order chi connectivity index (χ1) is 10.9. The topological polar surface area (TPSA) is 63.2 Å². The van der Waals surface area contributed by atoms with Crippen LogP contribution in [0.2, 0.25) is 5.02 Å². The molecule has 0 aliphatic heterocycles. The number of halogens is 2. The lowest BCUT2D eigenvalue weighted by molar-refractivity contribution is -0.116. The van der Waals surface area contributed by atoms with Crippen LogP contribution in [0.5, 0.6) is 0 Å². The van der Waals surface area contributed by atoms with Gasteiger partial charge in [0.05, 0.1) is 10.6 Å². The molecule has 2 rings (SSSR count). The molecule has 23 heavy (non-hydrogen) atoms. The van der Waals surface area contributed by atoms with E-state index in [9.17, 15) is 13.2 Å². The fraction of sp³-hybridized carbons (Fsp3) is 0.188. The SMILES string of the molecule is O=C(CCCS(=O)(=O)c1ccc(Cl)cc1)Nc1cccc(Br)c1. The highest BCUT2D eigenvalue weighted by atomic mass is 79.9. The summed E-state index contributed by atoms with van der Waals surface area (Å²) in [4.78, 5) is 12.1. The maximum Gasteiger partial charge on any atom is 0.224 e. The molecule has 0 fully saturated rings. The van der Waals surface area contributed by atoms with Crippen LogP contribution in [0.25, 0.3) is 0 Å². The molecule has 0 saturated heterocycles. The number of carbonyl (C=O) groups excluding carboxylic acids is 1. The van der Waals surface area contributed by atoms with Crippen molar-refractivity contribution >= 4 is 49.0 Å². The van der Waals surface area contributed by atoms with Gasteiger partial charge in [-0.1, -0.05) is 33.6 Å². The summed E-state index contributed by atoms with van der Waals surface area (Å²) in [5.41, 5.74) is 0.671. The second-order valence-electron chi connectivity index (χ2n) is 4.93. The van der Waals surface area contributed by atoms with Crippen LogP contribution in [0, 0.1) is 0 Å². The summed E-state index contributed by atoms with van der Waals surface area (Å²) < 4.78 is 25.2. The molecule has 0 unspecified atom stereocenters. The molecule has 2 aromatic rings. The Bertz CT molecular complexity index is 791. The monoisotopic (exact) mass is 415 g/mol. The molecule has 4 nitrogen and oxygen atoms in total. The summed E-state index contributed by atoms with van der Waals surface area (Å²) >= 11 is 9.07. The van der Waals surface area contributed by atoms with E-state index in [1.54, 1.807) is 12.1 Å². The molecule has 0 saturated carbocycles. The number of benzene rings is 2. The molecule has 1 N–H and O–H groups in total. The van der Waals surface area contributed by atoms with E-state index in [0.717, 1.165) is 4.47 Å². The average Bonchev–Trinajstić information content (AvgIpc) is 2.47. The van der Waals surface area contributed by atoms with Crippen LogP contribution in [0.4, 0.5) is 5.69 Å². The first kappa shape index (κ1) is 18.0. The minimum absolute atomic E-state index is 0.0828. The highest BCUT2D eigenvalue weighted by Crippen LogP contribution is 2.18. The van der Waals surface area contributed by atoms with Crippen molar-refractivity contribution in [1.29, 1.82) is 0 Å². The Morgan fingerprint density at radius 2 is 1.83 bits per heavy atom. The van der Waals surface area contributed by atoms with Gasteiger partial charge in [-0.2, -0.15) is 0 Å². The van der Waals surface area contributed by atoms with Gasteiger partial charge in [0, 0.05) is 21.6 Å². The molecule has 0 radical (unpaired) electrons. The van der Waals surface area contributed by atoms with Crippen LogP contribution in [0.15, 0.2) is 57.9 Å². The van der Waals surface area contributed by atoms with Gasteiger partial charge in [0.2, 0.25) is 5.91 Å². The molecule has 0 aromatic heterocycles. The Hall–Kier alpha value is -1.37. The molecule has 2 aromatic carbocycles. The summed E-state index contributed by atoms with van der Waals surface area (Å²) in [6.07, 6.45) is 0.393. The van der Waals surface area contributed by atoms with Gasteiger partial charge in [-0.25, -0.2) is 8.42 Å². The van der Waals surface area contributed by atoms with Crippen molar-refractivity contribution in [2.75, 3.05) is 11.1 Å². The number of hydrogen-bond donors (Lipinski definition) is 1. The van der Waals surface area contributed by atoms with E-state index >= 15 is 0 Å². The van der Waals surface area contributed by atoms with Gasteiger partial charge >= 0.3 is 0 Å². The van der Waals surface area contributed by atoms with Gasteiger partial charge < -0.3 is 5.32 Å². The smallest absolute Gasteiger partial charge is 0.224 e. The second kappa shape index (κ2) is 7.95. The number of sulfone groups is 1. The molecule has 0 aliphatic rings. The Morgan fingerprint density at radius 1 is 1.13 bits per heavy atom. The van der Waals surface area contributed by atoms with Crippen LogP contribution in [0.3, 0.4) is 0 Å². The van der Waals surface area contributed by atoms with E-state index in [2.05, 4.69) is 21.2 Å². The maximum atomic E-state index is 12.1. The van der Waals surface area contributed by atoms with Crippen molar-refractivity contribution < 1.29 is 13.2 Å². The summed E-state index contributed by atoms with van der Waals surface area (Å²) in [5.74, 6) is -0.296. The van der Waals surface area contributed by atoms with Crippen LogP contribution in [-0.4, -0.2) is 20.1 Å². The highest BCUT2D eigenvalue weighted by Gasteiger charge is 2.15. The van der Waals surface area contributed by atoms with Gasteiger partial charge in [0.25, 0.3) is 0 Å². The van der Waals surface area contributed by atoms with Crippen LogP contribution < -0.4 is 5.32 Å². The number of anilines is 1. The van der Waals surface area contributed by atoms with Crippen molar-refractivity contribution in [2.45, 2.75) is 17.7 Å². The zero-order valence-corrected chi connectivity index (χ0v) is 15.3. The van der Waals surface area contributed by atoms with E-state index in [4.69, 9.17) is 11.6 Å². The Balaban J connectivity index is 1.86. The molecular formula is C16H15BrClNO3S. The van der Waals surface area contributed by atoms with Crippen LogP contribution >= 0.6 is 27.5 Å². The molecule has 122 valence electrons. The third-order valence-corrected chi connectivity index (χ3v) is 5.66. The van der Waals surface area contributed by atoms with Crippen LogP contribution in [0.1, 0.15) is 12.8 Å². The molecule has 0 aliphatic carbocycles. The zero-order chi connectivity index (χ0) is 16.9. The third kappa shape index (κ3) is 5.64. The number of carbonyl (C=O) groups is 1. The Labute approximate surface area is 148 Å². The van der Waals surface area contributed by atoms with E-state index < -0.39 is 9.84 Å². The van der Waals surface area contributed by atoms with Crippen LogP contribution in [-0.2, 0) is 14.6 Å². The third-order valence-electron chi connectivity index (χ3n) is 3.10. The fourth-order valence-electron chi connectivity index (χ4n) is 1.97. The molecule has 0 spiro atoms. The van der Waals surface area contributed by atoms with E-state index in [1.807, 2.05) is 12.1 Å². The van der Waals surface area contributed by atoms with Gasteiger partial charge in [-0.3, -0.25) is 4.79 Å². The predicted octanol–water partition coefficient (Wildman–Crippen LogP) is 4.30. The Kier molecular flexibility index (Phi) is 6.21. The van der Waals surface area contributed by atoms with E-state index in [0.29, 0.717) is 10.7 Å². The number of amides is 1. The predicted molar refractivity (Wildman–Crippen MR) is 95.5 cm³/mol. The molecular weight excluding hydrogens is 402 g/mol.